The Bertz CT molecular complexity index is 1490. The fourth-order valence-electron chi connectivity index (χ4n) is 3.28. The molecule has 0 radical (unpaired) electrons. The fourth-order valence-corrected chi connectivity index (χ4v) is 3.46. The summed E-state index contributed by atoms with van der Waals surface area (Å²) in [6.07, 6.45) is -6.20. The van der Waals surface area contributed by atoms with Crippen molar-refractivity contribution in [1.29, 1.82) is 0 Å². The van der Waals surface area contributed by atoms with Crippen molar-refractivity contribution in [3.05, 3.63) is 94.0 Å². The van der Waals surface area contributed by atoms with Crippen LogP contribution in [-0.2, 0) is 18.9 Å². The molecule has 0 fully saturated rings. The molecule has 2 heterocycles. The van der Waals surface area contributed by atoms with Crippen molar-refractivity contribution >= 4 is 17.4 Å². The van der Waals surface area contributed by atoms with Crippen LogP contribution in [0.25, 0.3) is 11.4 Å². The van der Waals surface area contributed by atoms with Gasteiger partial charge in [-0.3, -0.25) is 14.8 Å². The number of halogens is 7. The normalized spacial score (nSPS) is 11.6. The maximum Gasteiger partial charge on any atom is 0.416 e. The highest BCUT2D eigenvalue weighted by Crippen LogP contribution is 2.36. The molecule has 4 aromatic rings. The second-order valence-electron chi connectivity index (χ2n) is 7.51. The van der Waals surface area contributed by atoms with E-state index in [2.05, 4.69) is 32.1 Å². The Morgan fingerprint density at radius 3 is 2.24 bits per heavy atom. The first-order valence-electron chi connectivity index (χ1n) is 10.2. The van der Waals surface area contributed by atoms with Crippen LogP contribution in [0.5, 0.6) is 0 Å². The minimum atomic E-state index is -5.03. The molecule has 188 valence electrons. The van der Waals surface area contributed by atoms with Gasteiger partial charge < -0.3 is 0 Å². The Morgan fingerprint density at radius 2 is 1.65 bits per heavy atom. The average molecular weight is 536 g/mol. The van der Waals surface area contributed by atoms with Crippen molar-refractivity contribution in [2.24, 2.45) is 0 Å². The summed E-state index contributed by atoms with van der Waals surface area (Å²) in [4.78, 5) is 20.8. The van der Waals surface area contributed by atoms with Gasteiger partial charge in [0.05, 0.1) is 28.9 Å². The molecule has 0 N–H and O–H groups in total. The van der Waals surface area contributed by atoms with Gasteiger partial charge in [0.25, 0.3) is 5.78 Å². The second kappa shape index (κ2) is 10.0. The molecule has 6 nitrogen and oxygen atoms in total. The van der Waals surface area contributed by atoms with Gasteiger partial charge in [-0.05, 0) is 41.8 Å². The summed E-state index contributed by atoms with van der Waals surface area (Å²) in [5, 5.41) is 7.87. The number of benzene rings is 2. The zero-order valence-electron chi connectivity index (χ0n) is 18.3. The van der Waals surface area contributed by atoms with Crippen LogP contribution >= 0.6 is 11.6 Å². The Balaban J connectivity index is 1.79. The summed E-state index contributed by atoms with van der Waals surface area (Å²) in [6.45, 7) is -0.586. The van der Waals surface area contributed by atoms with E-state index in [-0.39, 0.29) is 28.7 Å². The average Bonchev–Trinajstić information content (AvgIpc) is 3.26. The number of hydrogen-bond donors (Lipinski definition) is 0. The first-order valence-corrected chi connectivity index (χ1v) is 10.6. The molecule has 2 aromatic carbocycles. The number of carbonyl (C=O) groups is 1. The zero-order valence-corrected chi connectivity index (χ0v) is 19.0. The number of carbonyl (C=O) groups excluding carboxylic acids is 1. The van der Waals surface area contributed by atoms with Gasteiger partial charge in [-0.1, -0.05) is 34.9 Å². The molecule has 0 aliphatic rings. The molecule has 0 aliphatic carbocycles. The van der Waals surface area contributed by atoms with Crippen LogP contribution in [0.1, 0.15) is 32.7 Å². The number of rotatable bonds is 4. The standard InChI is InChI=1S/C24H12ClF6N5O/c25-18-4-2-1-3-15(18)5-6-20(37)21-22(19-12-32-7-8-33-19)36(35-34-21)13-14-9-16(23(26,27)28)11-17(10-14)24(29,30)31/h1-4,7-12H,13H2. The minimum Gasteiger partial charge on any atom is -0.277 e. The molecule has 0 atom stereocenters. The minimum absolute atomic E-state index is 0.0215. The monoisotopic (exact) mass is 535 g/mol. The van der Waals surface area contributed by atoms with Gasteiger partial charge in [0.15, 0.2) is 5.69 Å². The number of alkyl halides is 6. The molecular formula is C24H12ClF6N5O. The Kier molecular flexibility index (Phi) is 7.00. The van der Waals surface area contributed by atoms with E-state index in [1.807, 2.05) is 0 Å². The van der Waals surface area contributed by atoms with Gasteiger partial charge in [0.2, 0.25) is 0 Å². The van der Waals surface area contributed by atoms with Crippen molar-refractivity contribution in [3.8, 4) is 23.2 Å². The van der Waals surface area contributed by atoms with Crippen molar-refractivity contribution in [3.63, 3.8) is 0 Å². The number of Topliss-reactive ketones (excluding diaryl/α,β-unsaturated/α-hetero) is 1. The van der Waals surface area contributed by atoms with Crippen LogP contribution in [0.4, 0.5) is 26.3 Å². The molecule has 0 unspecified atom stereocenters. The van der Waals surface area contributed by atoms with Crippen LogP contribution in [0.15, 0.2) is 61.1 Å². The highest BCUT2D eigenvalue weighted by Gasteiger charge is 2.37. The van der Waals surface area contributed by atoms with Gasteiger partial charge in [0, 0.05) is 18.0 Å². The lowest BCUT2D eigenvalue weighted by molar-refractivity contribution is -0.143. The van der Waals surface area contributed by atoms with Gasteiger partial charge >= 0.3 is 12.4 Å². The lowest BCUT2D eigenvalue weighted by Crippen LogP contribution is -2.13. The molecule has 0 spiro atoms. The summed E-state index contributed by atoms with van der Waals surface area (Å²) < 4.78 is 80.7. The summed E-state index contributed by atoms with van der Waals surface area (Å²) in [5.41, 5.74) is -3.34. The van der Waals surface area contributed by atoms with Gasteiger partial charge in [-0.25, -0.2) is 4.68 Å². The lowest BCUT2D eigenvalue weighted by atomic mass is 10.0. The van der Waals surface area contributed by atoms with E-state index in [1.165, 1.54) is 18.6 Å². The number of nitrogens with zero attached hydrogens (tertiary/aromatic N) is 5. The topological polar surface area (TPSA) is 73.6 Å². The summed E-state index contributed by atoms with van der Waals surface area (Å²) in [7, 11) is 0. The Labute approximate surface area is 209 Å². The number of aromatic nitrogens is 5. The van der Waals surface area contributed by atoms with Crippen LogP contribution in [-0.4, -0.2) is 30.7 Å². The van der Waals surface area contributed by atoms with E-state index < -0.39 is 35.8 Å². The van der Waals surface area contributed by atoms with E-state index >= 15 is 0 Å². The van der Waals surface area contributed by atoms with E-state index in [0.717, 1.165) is 4.68 Å². The highest BCUT2D eigenvalue weighted by atomic mass is 35.5. The first-order chi connectivity index (χ1) is 17.4. The van der Waals surface area contributed by atoms with Crippen molar-refractivity contribution in [1.82, 2.24) is 25.0 Å². The quantitative estimate of drug-likeness (QED) is 0.190. The molecule has 0 saturated heterocycles. The molecule has 0 amide bonds. The zero-order chi connectivity index (χ0) is 26.8. The largest absolute Gasteiger partial charge is 0.416 e. The Morgan fingerprint density at radius 1 is 0.973 bits per heavy atom. The maximum atomic E-state index is 13.3. The van der Waals surface area contributed by atoms with Crippen molar-refractivity contribution in [2.45, 2.75) is 18.9 Å². The summed E-state index contributed by atoms with van der Waals surface area (Å²) >= 11 is 6.04. The van der Waals surface area contributed by atoms with Crippen LogP contribution < -0.4 is 0 Å². The molecule has 0 saturated carbocycles. The molecule has 0 aliphatic heterocycles. The van der Waals surface area contributed by atoms with Crippen molar-refractivity contribution in [2.75, 3.05) is 0 Å². The van der Waals surface area contributed by atoms with E-state index in [9.17, 15) is 31.1 Å². The van der Waals surface area contributed by atoms with E-state index in [4.69, 9.17) is 11.6 Å². The predicted octanol–water partition coefficient (Wildman–Crippen LogP) is 5.71. The molecule has 37 heavy (non-hydrogen) atoms. The molecule has 2 aromatic heterocycles. The van der Waals surface area contributed by atoms with Crippen LogP contribution in [0.3, 0.4) is 0 Å². The smallest absolute Gasteiger partial charge is 0.277 e. The predicted molar refractivity (Wildman–Crippen MR) is 119 cm³/mol. The molecule has 4 rings (SSSR count). The second-order valence-corrected chi connectivity index (χ2v) is 7.92. The van der Waals surface area contributed by atoms with Crippen LogP contribution in [0, 0.1) is 11.8 Å². The maximum absolute atomic E-state index is 13.3. The lowest BCUT2D eigenvalue weighted by Gasteiger charge is -2.15. The summed E-state index contributed by atoms with van der Waals surface area (Å²) in [5.74, 6) is 4.14. The van der Waals surface area contributed by atoms with Crippen molar-refractivity contribution < 1.29 is 31.1 Å². The van der Waals surface area contributed by atoms with E-state index in [1.54, 1.807) is 24.3 Å². The number of hydrogen-bond acceptors (Lipinski definition) is 5. The third-order valence-corrected chi connectivity index (χ3v) is 5.25. The molecule has 13 heteroatoms. The van der Waals surface area contributed by atoms with Gasteiger partial charge in [-0.15, -0.1) is 5.10 Å². The Hall–Kier alpha value is -4.24. The fraction of sp³-hybridized carbons (Fsp3) is 0.125. The molecular weight excluding hydrogens is 524 g/mol. The number of ketones is 1. The summed E-state index contributed by atoms with van der Waals surface area (Å²) in [6, 6.07) is 7.63. The molecule has 0 bridgehead atoms. The third-order valence-electron chi connectivity index (χ3n) is 4.92. The van der Waals surface area contributed by atoms with Gasteiger partial charge in [-0.2, -0.15) is 26.3 Å². The highest BCUT2D eigenvalue weighted by molar-refractivity contribution is 6.31. The SMILES string of the molecule is O=C(C#Cc1ccccc1Cl)c1nnn(Cc2cc(C(F)(F)F)cc(C(F)(F)F)c2)c1-c1cnccn1. The van der Waals surface area contributed by atoms with Gasteiger partial charge in [0.1, 0.15) is 11.4 Å². The van der Waals surface area contributed by atoms with Crippen LogP contribution in [0.2, 0.25) is 5.02 Å². The first kappa shape index (κ1) is 25.8. The van der Waals surface area contributed by atoms with E-state index in [0.29, 0.717) is 22.7 Å². The third kappa shape index (κ3) is 5.95.